The Morgan fingerprint density at radius 1 is 1.19 bits per heavy atom. The van der Waals surface area contributed by atoms with Gasteiger partial charge in [-0.15, -0.1) is 11.3 Å². The molecule has 0 spiro atoms. The third-order valence-electron chi connectivity index (χ3n) is 4.64. The number of rotatable bonds is 8. The normalized spacial score (nSPS) is 11.6. The number of likely N-dealkylation sites (N-methyl/N-ethyl adjacent to an activating group) is 1. The summed E-state index contributed by atoms with van der Waals surface area (Å²) in [5.41, 5.74) is 1.44. The number of nitrogens with zero attached hydrogens (tertiary/aromatic N) is 1. The Hall–Kier alpha value is -1.70. The molecule has 5 nitrogen and oxygen atoms in total. The molecule has 0 amide bonds. The van der Waals surface area contributed by atoms with Gasteiger partial charge in [-0.25, -0.2) is 0 Å². The largest absolute Gasteiger partial charge is 0.395 e. The van der Waals surface area contributed by atoms with Crippen molar-refractivity contribution in [1.29, 1.82) is 0 Å². The van der Waals surface area contributed by atoms with E-state index in [0.717, 1.165) is 33.7 Å². The third-order valence-corrected chi connectivity index (χ3v) is 6.11. The van der Waals surface area contributed by atoms with Crippen LogP contribution in [-0.4, -0.2) is 47.9 Å². The molecule has 0 aliphatic rings. The highest BCUT2D eigenvalue weighted by Crippen LogP contribution is 2.33. The van der Waals surface area contributed by atoms with Crippen molar-refractivity contribution < 1.29 is 10.2 Å². The zero-order valence-corrected chi connectivity index (χ0v) is 16.7. The molecule has 0 unspecified atom stereocenters. The molecule has 0 aliphatic carbocycles. The lowest BCUT2D eigenvalue weighted by molar-refractivity contribution is 0.206. The molecule has 0 radical (unpaired) electrons. The van der Waals surface area contributed by atoms with E-state index < -0.39 is 0 Å². The minimum Gasteiger partial charge on any atom is -0.395 e. The molecule has 0 saturated carbocycles. The molecule has 0 atom stereocenters. The fourth-order valence-electron chi connectivity index (χ4n) is 3.17. The smallest absolute Gasteiger partial charge is 0.197 e. The molecule has 1 aromatic heterocycles. The van der Waals surface area contributed by atoms with Gasteiger partial charge in [-0.1, -0.05) is 24.6 Å². The molecule has 0 saturated heterocycles. The first-order valence-corrected chi connectivity index (χ1v) is 10.1. The Labute approximate surface area is 166 Å². The standard InChI is InChI=1S/C20H23ClN2O3S/c1-2-23(9-10-24)8-7-22-16-6-3-13(12-25)20-18(16)19(26)15-5-4-14(21)11-17(15)27-20/h3-6,11,22,24-25H,2,7-10,12H2,1H3. The summed E-state index contributed by atoms with van der Waals surface area (Å²) in [7, 11) is 0. The molecule has 3 aromatic rings. The van der Waals surface area contributed by atoms with Crippen molar-refractivity contribution in [2.24, 2.45) is 0 Å². The SMILES string of the molecule is CCN(CCO)CCNc1ccc(CO)c2sc3cc(Cl)ccc3c(=O)c12. The van der Waals surface area contributed by atoms with E-state index in [1.807, 2.05) is 12.1 Å². The summed E-state index contributed by atoms with van der Waals surface area (Å²) in [5.74, 6) is 0. The summed E-state index contributed by atoms with van der Waals surface area (Å²) in [5, 5.41) is 24.0. The summed E-state index contributed by atoms with van der Waals surface area (Å²) < 4.78 is 1.59. The van der Waals surface area contributed by atoms with Crippen LogP contribution in [0.3, 0.4) is 0 Å². The Kier molecular flexibility index (Phi) is 6.68. The van der Waals surface area contributed by atoms with E-state index in [2.05, 4.69) is 17.1 Å². The van der Waals surface area contributed by atoms with Gasteiger partial charge in [-0.3, -0.25) is 9.69 Å². The van der Waals surface area contributed by atoms with Gasteiger partial charge in [0.25, 0.3) is 0 Å². The highest BCUT2D eigenvalue weighted by molar-refractivity contribution is 7.24. The van der Waals surface area contributed by atoms with Crippen LogP contribution in [0.25, 0.3) is 20.2 Å². The third kappa shape index (κ3) is 4.25. The maximum atomic E-state index is 13.1. The molecule has 2 aromatic carbocycles. The van der Waals surface area contributed by atoms with Gasteiger partial charge < -0.3 is 15.5 Å². The number of fused-ring (bicyclic) bond motifs is 2. The number of aliphatic hydroxyl groups is 2. The molecule has 0 aliphatic heterocycles. The molecule has 3 rings (SSSR count). The number of nitrogens with one attached hydrogen (secondary N) is 1. The van der Waals surface area contributed by atoms with Gasteiger partial charge in [0.2, 0.25) is 0 Å². The number of hydrogen-bond donors (Lipinski definition) is 3. The fourth-order valence-corrected chi connectivity index (χ4v) is 4.65. The highest BCUT2D eigenvalue weighted by atomic mass is 35.5. The predicted octanol–water partition coefficient (Wildman–Crippen LogP) is 3.29. The monoisotopic (exact) mass is 406 g/mol. The van der Waals surface area contributed by atoms with Gasteiger partial charge in [-0.2, -0.15) is 0 Å². The zero-order chi connectivity index (χ0) is 19.4. The molecule has 27 heavy (non-hydrogen) atoms. The lowest BCUT2D eigenvalue weighted by Gasteiger charge is -2.20. The van der Waals surface area contributed by atoms with Crippen LogP contribution in [0.2, 0.25) is 5.02 Å². The topological polar surface area (TPSA) is 72.8 Å². The average molecular weight is 407 g/mol. The van der Waals surface area contributed by atoms with E-state index in [4.69, 9.17) is 16.7 Å². The number of aliphatic hydroxyl groups excluding tert-OH is 2. The summed E-state index contributed by atoms with van der Waals surface area (Å²) in [4.78, 5) is 15.3. The van der Waals surface area contributed by atoms with Crippen LogP contribution in [0.1, 0.15) is 12.5 Å². The van der Waals surface area contributed by atoms with Crippen LogP contribution < -0.4 is 10.7 Å². The Morgan fingerprint density at radius 3 is 2.70 bits per heavy atom. The Morgan fingerprint density at radius 2 is 2.00 bits per heavy atom. The maximum absolute atomic E-state index is 13.1. The molecule has 0 fully saturated rings. The van der Waals surface area contributed by atoms with Crippen molar-refractivity contribution in [2.45, 2.75) is 13.5 Å². The lowest BCUT2D eigenvalue weighted by Crippen LogP contribution is -2.31. The van der Waals surface area contributed by atoms with E-state index in [1.54, 1.807) is 18.2 Å². The van der Waals surface area contributed by atoms with Gasteiger partial charge >= 0.3 is 0 Å². The van der Waals surface area contributed by atoms with E-state index in [-0.39, 0.29) is 18.6 Å². The first kappa shape index (κ1) is 20.0. The average Bonchev–Trinajstić information content (AvgIpc) is 2.67. The number of halogens is 1. The van der Waals surface area contributed by atoms with Gasteiger partial charge in [-0.05, 0) is 36.4 Å². The number of hydrogen-bond acceptors (Lipinski definition) is 6. The van der Waals surface area contributed by atoms with Crippen molar-refractivity contribution in [3.63, 3.8) is 0 Å². The predicted molar refractivity (Wildman–Crippen MR) is 114 cm³/mol. The second kappa shape index (κ2) is 8.99. The Balaban J connectivity index is 2.03. The molecule has 0 bridgehead atoms. The van der Waals surface area contributed by atoms with Crippen LogP contribution in [0.4, 0.5) is 5.69 Å². The van der Waals surface area contributed by atoms with Crippen molar-refractivity contribution in [3.05, 3.63) is 51.1 Å². The first-order valence-electron chi connectivity index (χ1n) is 8.95. The van der Waals surface area contributed by atoms with Crippen molar-refractivity contribution in [2.75, 3.05) is 38.1 Å². The molecule has 144 valence electrons. The molecular formula is C20H23ClN2O3S. The fraction of sp³-hybridized carbons (Fsp3) is 0.350. The minimum atomic E-state index is -0.126. The van der Waals surface area contributed by atoms with Crippen molar-refractivity contribution in [3.8, 4) is 0 Å². The van der Waals surface area contributed by atoms with Crippen molar-refractivity contribution in [1.82, 2.24) is 4.90 Å². The summed E-state index contributed by atoms with van der Waals surface area (Å²) >= 11 is 7.55. The van der Waals surface area contributed by atoms with Gasteiger partial charge in [0.05, 0.1) is 18.6 Å². The highest BCUT2D eigenvalue weighted by Gasteiger charge is 2.14. The van der Waals surface area contributed by atoms with Gasteiger partial charge in [0.15, 0.2) is 5.43 Å². The molecular weight excluding hydrogens is 384 g/mol. The van der Waals surface area contributed by atoms with Crippen molar-refractivity contribution >= 4 is 48.8 Å². The maximum Gasteiger partial charge on any atom is 0.197 e. The number of benzene rings is 2. The van der Waals surface area contributed by atoms with E-state index in [1.165, 1.54) is 11.3 Å². The van der Waals surface area contributed by atoms with E-state index in [0.29, 0.717) is 28.9 Å². The minimum absolute atomic E-state index is 0.0593. The summed E-state index contributed by atoms with van der Waals surface area (Å²) in [6.45, 7) is 4.96. The molecule has 7 heteroatoms. The van der Waals surface area contributed by atoms with Crippen LogP contribution in [-0.2, 0) is 6.61 Å². The zero-order valence-electron chi connectivity index (χ0n) is 15.2. The summed E-state index contributed by atoms with van der Waals surface area (Å²) in [6.07, 6.45) is 0. The number of anilines is 1. The Bertz CT molecular complexity index is 1010. The lowest BCUT2D eigenvalue weighted by atomic mass is 10.1. The van der Waals surface area contributed by atoms with Crippen LogP contribution >= 0.6 is 22.9 Å². The van der Waals surface area contributed by atoms with Gasteiger partial charge in [0.1, 0.15) is 0 Å². The van der Waals surface area contributed by atoms with Gasteiger partial charge in [0, 0.05) is 45.1 Å². The molecule has 1 heterocycles. The first-order chi connectivity index (χ1) is 13.1. The molecule has 3 N–H and O–H groups in total. The van der Waals surface area contributed by atoms with E-state index in [9.17, 15) is 9.90 Å². The van der Waals surface area contributed by atoms with Crippen LogP contribution in [0.5, 0.6) is 0 Å². The summed E-state index contributed by atoms with van der Waals surface area (Å²) in [6, 6.07) is 8.97. The second-order valence-electron chi connectivity index (χ2n) is 6.29. The quantitative estimate of drug-likeness (QED) is 0.501. The van der Waals surface area contributed by atoms with Crippen LogP contribution in [0, 0.1) is 0 Å². The second-order valence-corrected chi connectivity index (χ2v) is 7.78. The van der Waals surface area contributed by atoms with Crippen LogP contribution in [0.15, 0.2) is 35.1 Å². The van der Waals surface area contributed by atoms with E-state index >= 15 is 0 Å².